The molecule has 0 aromatic rings. The number of hydrogen-bond donors (Lipinski definition) is 1. The predicted octanol–water partition coefficient (Wildman–Crippen LogP) is 2.18. The lowest BCUT2D eigenvalue weighted by Gasteiger charge is -2.29. The van der Waals surface area contributed by atoms with Crippen LogP contribution in [-0.4, -0.2) is 52.9 Å². The zero-order valence-electron chi connectivity index (χ0n) is 10.9. The summed E-state index contributed by atoms with van der Waals surface area (Å²) in [4.78, 5) is 0. The molecule has 3 heteroatoms. The Morgan fingerprint density at radius 2 is 1.73 bits per heavy atom. The summed E-state index contributed by atoms with van der Waals surface area (Å²) in [6.45, 7) is 6.99. The second-order valence-electron chi connectivity index (χ2n) is 4.93. The van der Waals surface area contributed by atoms with Crippen LogP contribution in [0.3, 0.4) is 0 Å². The molecule has 0 spiro atoms. The first-order chi connectivity index (χ1) is 7.05. The molecular weight excluding hydrogens is 202 g/mol. The van der Waals surface area contributed by atoms with Crippen LogP contribution in [0.1, 0.15) is 33.1 Å². The van der Waals surface area contributed by atoms with Gasteiger partial charge in [0.15, 0.2) is 0 Å². The molecule has 0 aliphatic carbocycles. The lowest BCUT2D eigenvalue weighted by Crippen LogP contribution is -2.42. The molecule has 0 fully saturated rings. The van der Waals surface area contributed by atoms with Crippen molar-refractivity contribution in [1.29, 1.82) is 0 Å². The van der Waals surface area contributed by atoms with Crippen LogP contribution in [0, 0.1) is 0 Å². The molecular formula is C12H28NOSi+. The molecule has 0 aromatic heterocycles. The second kappa shape index (κ2) is 8.31. The lowest BCUT2D eigenvalue weighted by molar-refractivity contribution is -0.890. The van der Waals surface area contributed by atoms with Crippen LogP contribution in [0.2, 0.25) is 11.6 Å². The summed E-state index contributed by atoms with van der Waals surface area (Å²) < 4.78 is 0.962. The minimum absolute atomic E-state index is 0.307. The van der Waals surface area contributed by atoms with Gasteiger partial charge in [0.25, 0.3) is 0 Å². The van der Waals surface area contributed by atoms with E-state index < -0.39 is 0 Å². The van der Waals surface area contributed by atoms with E-state index in [0.29, 0.717) is 6.61 Å². The van der Waals surface area contributed by atoms with E-state index in [2.05, 4.69) is 27.9 Å². The first-order valence-corrected chi connectivity index (χ1v) is 7.50. The Morgan fingerprint density at radius 3 is 2.20 bits per heavy atom. The van der Waals surface area contributed by atoms with Crippen molar-refractivity contribution in [3.8, 4) is 0 Å². The van der Waals surface area contributed by atoms with E-state index in [1.807, 2.05) is 0 Å². The molecule has 2 nitrogen and oxygen atoms in total. The minimum Gasteiger partial charge on any atom is -0.391 e. The molecule has 0 bridgehead atoms. The summed E-state index contributed by atoms with van der Waals surface area (Å²) in [7, 11) is 5.55. The molecule has 0 rings (SSSR count). The summed E-state index contributed by atoms with van der Waals surface area (Å²) in [6, 6.07) is 1.37. The highest BCUT2D eigenvalue weighted by Gasteiger charge is 2.13. The number of aliphatic hydroxyl groups is 1. The molecule has 0 saturated carbocycles. The Hall–Kier alpha value is 0.137. The van der Waals surface area contributed by atoms with Gasteiger partial charge < -0.3 is 9.59 Å². The Bertz CT molecular complexity index is 147. The van der Waals surface area contributed by atoms with E-state index in [0.717, 1.165) is 26.1 Å². The molecule has 15 heavy (non-hydrogen) atoms. The van der Waals surface area contributed by atoms with Gasteiger partial charge in [0.2, 0.25) is 0 Å². The Kier molecular flexibility index (Phi) is 8.38. The molecule has 0 unspecified atom stereocenters. The van der Waals surface area contributed by atoms with Crippen LogP contribution in [0.15, 0.2) is 0 Å². The van der Waals surface area contributed by atoms with Gasteiger partial charge in [-0.05, 0) is 12.0 Å². The molecule has 0 heterocycles. The average molecular weight is 230 g/mol. The largest absolute Gasteiger partial charge is 0.391 e. The van der Waals surface area contributed by atoms with E-state index >= 15 is 0 Å². The van der Waals surface area contributed by atoms with Crippen LogP contribution < -0.4 is 0 Å². The minimum atomic E-state index is 0.307. The van der Waals surface area contributed by atoms with Crippen LogP contribution in [0.5, 0.6) is 0 Å². The number of likely N-dealkylation sites (N-methyl/N-ethyl adjacent to an activating group) is 1. The van der Waals surface area contributed by atoms with Crippen molar-refractivity contribution in [3.63, 3.8) is 0 Å². The van der Waals surface area contributed by atoms with Crippen molar-refractivity contribution in [3.05, 3.63) is 0 Å². The zero-order valence-corrected chi connectivity index (χ0v) is 11.9. The SMILES string of the molecule is CCC(CC)[Si]CCC[N+](C)(C)CCO. The van der Waals surface area contributed by atoms with Gasteiger partial charge in [0, 0.05) is 9.52 Å². The fraction of sp³-hybridized carbons (Fsp3) is 1.00. The Labute approximate surface area is 98.1 Å². The van der Waals surface area contributed by atoms with Gasteiger partial charge in [-0.3, -0.25) is 0 Å². The molecule has 90 valence electrons. The van der Waals surface area contributed by atoms with Gasteiger partial charge in [-0.2, -0.15) is 0 Å². The van der Waals surface area contributed by atoms with Gasteiger partial charge in [0.05, 0.1) is 27.2 Å². The fourth-order valence-corrected chi connectivity index (χ4v) is 3.12. The maximum Gasteiger partial charge on any atom is 0.102 e. The average Bonchev–Trinajstić information content (AvgIpc) is 2.18. The fourth-order valence-electron chi connectivity index (χ4n) is 1.77. The molecule has 0 atom stereocenters. The van der Waals surface area contributed by atoms with E-state index in [4.69, 9.17) is 5.11 Å². The number of quaternary nitrogens is 1. The highest BCUT2D eigenvalue weighted by molar-refractivity contribution is 6.37. The third kappa shape index (κ3) is 8.00. The Morgan fingerprint density at radius 1 is 1.13 bits per heavy atom. The number of hydrogen-bond acceptors (Lipinski definition) is 1. The van der Waals surface area contributed by atoms with Crippen LogP contribution >= 0.6 is 0 Å². The summed E-state index contributed by atoms with van der Waals surface area (Å²) in [5.74, 6) is 0. The normalized spacial score (nSPS) is 12.4. The zero-order chi connectivity index (χ0) is 11.7. The molecule has 0 aromatic carbocycles. The third-order valence-electron chi connectivity index (χ3n) is 3.06. The monoisotopic (exact) mass is 230 g/mol. The van der Waals surface area contributed by atoms with Crippen molar-refractivity contribution < 1.29 is 9.59 Å². The van der Waals surface area contributed by atoms with Gasteiger partial charge >= 0.3 is 0 Å². The van der Waals surface area contributed by atoms with Gasteiger partial charge in [-0.25, -0.2) is 0 Å². The lowest BCUT2D eigenvalue weighted by atomic mass is 10.3. The van der Waals surface area contributed by atoms with E-state index in [1.165, 1.54) is 31.9 Å². The molecule has 0 aliphatic rings. The molecule has 1 N–H and O–H groups in total. The first kappa shape index (κ1) is 15.1. The van der Waals surface area contributed by atoms with Gasteiger partial charge in [-0.15, -0.1) is 0 Å². The standard InChI is InChI=1S/C12H28NOSi/c1-5-12(6-2)15-11-7-8-13(3,4)9-10-14/h12,14H,5-11H2,1-4H3/q+1. The Balaban J connectivity index is 3.52. The predicted molar refractivity (Wildman–Crippen MR) is 68.4 cm³/mol. The van der Waals surface area contributed by atoms with Crippen LogP contribution in [0.25, 0.3) is 0 Å². The van der Waals surface area contributed by atoms with Crippen molar-refractivity contribution in [2.75, 3.05) is 33.8 Å². The highest BCUT2D eigenvalue weighted by Crippen LogP contribution is 2.15. The van der Waals surface area contributed by atoms with Crippen molar-refractivity contribution in [2.45, 2.75) is 44.7 Å². The summed E-state index contributed by atoms with van der Waals surface area (Å²) >= 11 is 0. The molecule has 0 aliphatic heterocycles. The maximum absolute atomic E-state index is 8.91. The first-order valence-electron chi connectivity index (χ1n) is 6.22. The van der Waals surface area contributed by atoms with Gasteiger partial charge in [-0.1, -0.05) is 32.7 Å². The third-order valence-corrected chi connectivity index (χ3v) is 5.10. The van der Waals surface area contributed by atoms with Crippen LogP contribution in [-0.2, 0) is 0 Å². The van der Waals surface area contributed by atoms with Crippen molar-refractivity contribution in [2.24, 2.45) is 0 Å². The van der Waals surface area contributed by atoms with Crippen molar-refractivity contribution in [1.82, 2.24) is 0 Å². The van der Waals surface area contributed by atoms with Crippen molar-refractivity contribution >= 4 is 9.52 Å². The van der Waals surface area contributed by atoms with E-state index in [9.17, 15) is 0 Å². The second-order valence-corrected chi connectivity index (χ2v) is 6.65. The summed E-state index contributed by atoms with van der Waals surface area (Å²) in [6.07, 6.45) is 3.98. The number of rotatable bonds is 9. The number of nitrogens with zero attached hydrogens (tertiary/aromatic N) is 1. The quantitative estimate of drug-likeness (QED) is 0.366. The smallest absolute Gasteiger partial charge is 0.102 e. The summed E-state index contributed by atoms with van der Waals surface area (Å²) in [5, 5.41) is 8.91. The molecule has 0 saturated heterocycles. The molecule has 2 radical (unpaired) electrons. The highest BCUT2D eigenvalue weighted by atomic mass is 28.2. The van der Waals surface area contributed by atoms with Crippen LogP contribution in [0.4, 0.5) is 0 Å². The topological polar surface area (TPSA) is 20.2 Å². The maximum atomic E-state index is 8.91. The number of aliphatic hydroxyl groups excluding tert-OH is 1. The summed E-state index contributed by atoms with van der Waals surface area (Å²) in [5.41, 5.74) is 0.957. The van der Waals surface area contributed by atoms with Gasteiger partial charge in [0.1, 0.15) is 6.54 Å². The molecule has 0 amide bonds. The van der Waals surface area contributed by atoms with E-state index in [1.54, 1.807) is 0 Å². The van der Waals surface area contributed by atoms with E-state index in [-0.39, 0.29) is 0 Å².